The molecule has 0 aliphatic carbocycles. The molecule has 1 saturated heterocycles. The van der Waals surface area contributed by atoms with Gasteiger partial charge in [-0.05, 0) is 31.4 Å². The van der Waals surface area contributed by atoms with E-state index in [9.17, 15) is 4.79 Å². The molecule has 0 bridgehead atoms. The van der Waals surface area contributed by atoms with Crippen molar-refractivity contribution < 1.29 is 18.4 Å². The lowest BCUT2D eigenvalue weighted by Gasteiger charge is -2.48. The smallest absolute Gasteiger partial charge is 0.370 e. The number of ether oxygens (including phenoxy) is 1. The van der Waals surface area contributed by atoms with Crippen LogP contribution >= 0.6 is 0 Å². The Morgan fingerprint density at radius 3 is 2.60 bits per heavy atom. The number of carbonyl (C=O) groups is 1. The summed E-state index contributed by atoms with van der Waals surface area (Å²) in [6.45, 7) is 4.06. The fraction of sp³-hybridized carbons (Fsp3) is 0.786. The van der Waals surface area contributed by atoms with Gasteiger partial charge in [0.15, 0.2) is 0 Å². The van der Waals surface area contributed by atoms with Crippen LogP contribution < -0.4 is 5.32 Å². The summed E-state index contributed by atoms with van der Waals surface area (Å²) < 4.78 is 17.5. The molecule has 1 atom stereocenters. The van der Waals surface area contributed by atoms with Gasteiger partial charge in [0.1, 0.15) is 5.22 Å². The molecular formula is C14H27NO4Si. The molecule has 1 aliphatic heterocycles. The highest BCUT2D eigenvalue weighted by molar-refractivity contribution is 6.70. The van der Waals surface area contributed by atoms with Crippen LogP contribution in [0.15, 0.2) is 12.7 Å². The van der Waals surface area contributed by atoms with E-state index in [1.807, 2.05) is 0 Å². The van der Waals surface area contributed by atoms with Crippen molar-refractivity contribution in [2.75, 3.05) is 27.9 Å². The molecule has 1 rings (SSSR count). The Morgan fingerprint density at radius 2 is 2.05 bits per heavy atom. The summed E-state index contributed by atoms with van der Waals surface area (Å²) in [5.41, 5.74) is 0. The third kappa shape index (κ3) is 3.49. The highest BCUT2D eigenvalue weighted by Gasteiger charge is 2.58. The molecule has 0 aromatic heterocycles. The Kier molecular flexibility index (Phi) is 6.88. The van der Waals surface area contributed by atoms with Gasteiger partial charge >= 0.3 is 8.56 Å². The first-order valence-corrected chi connectivity index (χ1v) is 9.18. The lowest BCUT2D eigenvalue weighted by molar-refractivity contribution is -0.116. The lowest BCUT2D eigenvalue weighted by atomic mass is 10.1. The van der Waals surface area contributed by atoms with E-state index in [1.54, 1.807) is 21.3 Å². The molecule has 1 unspecified atom stereocenters. The van der Waals surface area contributed by atoms with Gasteiger partial charge < -0.3 is 18.9 Å². The molecule has 20 heavy (non-hydrogen) atoms. The van der Waals surface area contributed by atoms with Gasteiger partial charge in [-0.15, -0.1) is 0 Å². The van der Waals surface area contributed by atoms with Crippen LogP contribution in [0.3, 0.4) is 0 Å². The van der Waals surface area contributed by atoms with Gasteiger partial charge in [0, 0.05) is 27.9 Å². The molecule has 1 amide bonds. The van der Waals surface area contributed by atoms with Gasteiger partial charge in [-0.1, -0.05) is 19.4 Å². The van der Waals surface area contributed by atoms with E-state index in [2.05, 4.69) is 11.9 Å². The lowest BCUT2D eigenvalue weighted by Crippen LogP contribution is -2.64. The van der Waals surface area contributed by atoms with Crippen LogP contribution in [0.5, 0.6) is 0 Å². The highest BCUT2D eigenvalue weighted by Crippen LogP contribution is 2.42. The van der Waals surface area contributed by atoms with Crippen molar-refractivity contribution in [3.8, 4) is 0 Å². The first kappa shape index (κ1) is 17.4. The van der Waals surface area contributed by atoms with Crippen molar-refractivity contribution in [2.45, 2.75) is 43.4 Å². The van der Waals surface area contributed by atoms with Crippen LogP contribution in [0.4, 0.5) is 0 Å². The zero-order valence-electron chi connectivity index (χ0n) is 12.9. The van der Waals surface area contributed by atoms with Crippen molar-refractivity contribution in [1.82, 2.24) is 5.32 Å². The average molecular weight is 301 g/mol. The van der Waals surface area contributed by atoms with Gasteiger partial charge in [-0.3, -0.25) is 4.79 Å². The molecule has 0 aromatic rings. The average Bonchev–Trinajstić information content (AvgIpc) is 2.51. The quantitative estimate of drug-likeness (QED) is 0.423. The van der Waals surface area contributed by atoms with Gasteiger partial charge in [0.05, 0.1) is 0 Å². The largest absolute Gasteiger partial charge is 0.396 e. The van der Waals surface area contributed by atoms with Crippen LogP contribution in [0.1, 0.15) is 32.1 Å². The van der Waals surface area contributed by atoms with E-state index in [0.717, 1.165) is 38.1 Å². The molecule has 1 heterocycles. The van der Waals surface area contributed by atoms with Crippen LogP contribution in [0.2, 0.25) is 6.04 Å². The Morgan fingerprint density at radius 1 is 1.35 bits per heavy atom. The van der Waals surface area contributed by atoms with Gasteiger partial charge in [-0.2, -0.15) is 0 Å². The van der Waals surface area contributed by atoms with Gasteiger partial charge in [0.2, 0.25) is 5.91 Å². The summed E-state index contributed by atoms with van der Waals surface area (Å²) in [5, 5.41) is 2.49. The van der Waals surface area contributed by atoms with Crippen LogP contribution in [-0.2, 0) is 18.4 Å². The van der Waals surface area contributed by atoms with Crippen LogP contribution in [-0.4, -0.2) is 47.6 Å². The maximum absolute atomic E-state index is 11.2. The zero-order valence-corrected chi connectivity index (χ0v) is 13.9. The predicted molar refractivity (Wildman–Crippen MR) is 80.6 cm³/mol. The van der Waals surface area contributed by atoms with E-state index >= 15 is 0 Å². The monoisotopic (exact) mass is 301 g/mol. The fourth-order valence-electron chi connectivity index (χ4n) is 3.18. The summed E-state index contributed by atoms with van der Waals surface area (Å²) in [4.78, 5) is 11.2. The number of hydrogen-bond acceptors (Lipinski definition) is 4. The van der Waals surface area contributed by atoms with Crippen molar-refractivity contribution >= 4 is 14.5 Å². The first-order chi connectivity index (χ1) is 9.59. The molecule has 1 N–H and O–H groups in total. The summed E-state index contributed by atoms with van der Waals surface area (Å²) in [6, 6.07) is 0.965. The van der Waals surface area contributed by atoms with Crippen LogP contribution in [0.25, 0.3) is 0 Å². The number of methoxy groups -OCH3 is 1. The highest BCUT2D eigenvalue weighted by atomic mass is 28.4. The maximum Gasteiger partial charge on any atom is 0.370 e. The second-order valence-corrected chi connectivity index (χ2v) is 8.90. The van der Waals surface area contributed by atoms with Crippen LogP contribution in [0, 0.1) is 0 Å². The Labute approximate surface area is 122 Å². The van der Waals surface area contributed by atoms with E-state index in [-0.39, 0.29) is 11.1 Å². The second kappa shape index (κ2) is 7.92. The van der Waals surface area contributed by atoms with E-state index < -0.39 is 8.56 Å². The van der Waals surface area contributed by atoms with E-state index in [1.165, 1.54) is 6.08 Å². The van der Waals surface area contributed by atoms with E-state index in [4.69, 9.17) is 13.6 Å². The number of amides is 1. The first-order valence-electron chi connectivity index (χ1n) is 7.15. The number of carbonyl (C=O) groups excluding carboxylic acids is 1. The Balaban J connectivity index is 2.67. The minimum Gasteiger partial charge on any atom is -0.396 e. The maximum atomic E-state index is 11.2. The molecule has 0 saturated carbocycles. The van der Waals surface area contributed by atoms with Crippen molar-refractivity contribution in [2.24, 2.45) is 0 Å². The summed E-state index contributed by atoms with van der Waals surface area (Å²) >= 11 is 0. The third-order valence-electron chi connectivity index (χ3n) is 4.32. The number of nitrogens with one attached hydrogen (secondary N) is 1. The third-order valence-corrected chi connectivity index (χ3v) is 8.75. The molecule has 0 aromatic carbocycles. The minimum absolute atomic E-state index is 0.137. The summed E-state index contributed by atoms with van der Waals surface area (Å²) in [7, 11) is 2.85. The van der Waals surface area contributed by atoms with Crippen molar-refractivity contribution in [1.29, 1.82) is 0 Å². The molecule has 1 fully saturated rings. The molecule has 0 radical (unpaired) electrons. The van der Waals surface area contributed by atoms with Gasteiger partial charge in [0.25, 0.3) is 0 Å². The zero-order chi connectivity index (χ0) is 15.1. The van der Waals surface area contributed by atoms with E-state index in [0.29, 0.717) is 6.54 Å². The van der Waals surface area contributed by atoms with Crippen molar-refractivity contribution in [3.63, 3.8) is 0 Å². The topological polar surface area (TPSA) is 56.8 Å². The molecule has 1 aliphatic rings. The number of rotatable bonds is 8. The summed E-state index contributed by atoms with van der Waals surface area (Å²) in [6.07, 6.45) is 6.20. The Bertz CT molecular complexity index is 333. The normalized spacial score (nSPS) is 25.1. The predicted octanol–water partition coefficient (Wildman–Crippen LogP) is 1.91. The second-order valence-electron chi connectivity index (χ2n) is 5.17. The fourth-order valence-corrected chi connectivity index (χ4v) is 7.10. The van der Waals surface area contributed by atoms with Gasteiger partial charge in [-0.25, -0.2) is 0 Å². The Hall–Kier alpha value is -0.693. The molecule has 0 spiro atoms. The SMILES string of the molecule is C=CC(=O)NCCCC1(OC)CCCC[Si]1(OC)OC. The molecule has 5 nitrogen and oxygen atoms in total. The molecule has 116 valence electrons. The van der Waals surface area contributed by atoms with Crippen molar-refractivity contribution in [3.05, 3.63) is 12.7 Å². The number of hydrogen-bond donors (Lipinski definition) is 1. The standard InChI is InChI=1S/C14H27NO4Si/c1-5-13(16)15-11-8-10-14(17-2)9-6-7-12-20(14,18-3)19-4/h5H,1,6-12H2,2-4H3,(H,15,16). The molecule has 6 heteroatoms. The summed E-state index contributed by atoms with van der Waals surface area (Å²) in [5.74, 6) is -0.137. The molecular weight excluding hydrogens is 274 g/mol. The minimum atomic E-state index is -2.35.